The van der Waals surface area contributed by atoms with E-state index in [1.807, 2.05) is 0 Å². The molecule has 0 aliphatic carbocycles. The van der Waals surface area contributed by atoms with Gasteiger partial charge in [0.1, 0.15) is 5.02 Å². The molecule has 0 aliphatic heterocycles. The van der Waals surface area contributed by atoms with E-state index in [0.29, 0.717) is 0 Å². The molecular formula is C7H6ClNO4S. The fraction of sp³-hybridized carbons (Fsp3) is 0.143. The van der Waals surface area contributed by atoms with Gasteiger partial charge in [-0.15, -0.1) is 0 Å². The first kappa shape index (κ1) is 10.9. The van der Waals surface area contributed by atoms with Crippen LogP contribution in [-0.2, 0) is 9.84 Å². The lowest BCUT2D eigenvalue weighted by Crippen LogP contribution is -1.98. The van der Waals surface area contributed by atoms with Crippen LogP contribution in [0.15, 0.2) is 23.1 Å². The third-order valence-corrected chi connectivity index (χ3v) is 2.96. The van der Waals surface area contributed by atoms with Crippen LogP contribution in [0, 0.1) is 10.1 Å². The fourth-order valence-electron chi connectivity index (χ4n) is 0.866. The van der Waals surface area contributed by atoms with E-state index < -0.39 is 14.8 Å². The zero-order valence-electron chi connectivity index (χ0n) is 7.10. The van der Waals surface area contributed by atoms with Gasteiger partial charge in [0.05, 0.1) is 9.82 Å². The molecule has 0 atom stereocenters. The maximum Gasteiger partial charge on any atom is 0.287 e. The molecule has 0 amide bonds. The highest BCUT2D eigenvalue weighted by Gasteiger charge is 2.15. The summed E-state index contributed by atoms with van der Waals surface area (Å²) in [6.45, 7) is 0. The predicted molar refractivity (Wildman–Crippen MR) is 51.2 cm³/mol. The van der Waals surface area contributed by atoms with E-state index in [4.69, 9.17) is 11.6 Å². The normalized spacial score (nSPS) is 11.3. The fourth-order valence-corrected chi connectivity index (χ4v) is 1.83. The molecule has 0 saturated carbocycles. The van der Waals surface area contributed by atoms with Crippen LogP contribution in [0.2, 0.25) is 5.02 Å². The van der Waals surface area contributed by atoms with Crippen LogP contribution in [0.1, 0.15) is 0 Å². The maximum atomic E-state index is 11.0. The number of halogens is 1. The summed E-state index contributed by atoms with van der Waals surface area (Å²) in [6, 6.07) is 3.28. The zero-order chi connectivity index (χ0) is 10.9. The van der Waals surface area contributed by atoms with Crippen molar-refractivity contribution in [2.24, 2.45) is 0 Å². The molecule has 1 aromatic carbocycles. The Kier molecular flexibility index (Phi) is 2.77. The SMILES string of the molecule is CS(=O)(=O)c1ccc([N+](=O)[O-])c(Cl)c1. The van der Waals surface area contributed by atoms with Crippen molar-refractivity contribution in [3.05, 3.63) is 33.3 Å². The molecule has 0 heterocycles. The third kappa shape index (κ3) is 2.21. The minimum Gasteiger partial charge on any atom is -0.258 e. The van der Waals surface area contributed by atoms with Crippen LogP contribution in [0.3, 0.4) is 0 Å². The van der Waals surface area contributed by atoms with Crippen molar-refractivity contribution in [3.63, 3.8) is 0 Å². The van der Waals surface area contributed by atoms with Gasteiger partial charge >= 0.3 is 0 Å². The first-order chi connectivity index (χ1) is 6.32. The Balaban J connectivity index is 3.34. The predicted octanol–water partition coefficient (Wildman–Crippen LogP) is 1.65. The molecule has 0 bridgehead atoms. The zero-order valence-corrected chi connectivity index (χ0v) is 8.67. The van der Waals surface area contributed by atoms with Crippen molar-refractivity contribution in [1.29, 1.82) is 0 Å². The Morgan fingerprint density at radius 3 is 2.36 bits per heavy atom. The Bertz CT molecular complexity index is 482. The van der Waals surface area contributed by atoms with E-state index >= 15 is 0 Å². The van der Waals surface area contributed by atoms with Crippen molar-refractivity contribution in [3.8, 4) is 0 Å². The number of hydrogen-bond acceptors (Lipinski definition) is 4. The number of nitro groups is 1. The molecule has 0 unspecified atom stereocenters. The molecule has 14 heavy (non-hydrogen) atoms. The summed E-state index contributed by atoms with van der Waals surface area (Å²) in [5.74, 6) is 0. The largest absolute Gasteiger partial charge is 0.287 e. The Labute approximate surface area is 85.4 Å². The molecule has 0 aromatic heterocycles. The molecule has 0 aliphatic rings. The van der Waals surface area contributed by atoms with Gasteiger partial charge in [0.2, 0.25) is 0 Å². The van der Waals surface area contributed by atoms with E-state index in [2.05, 4.69) is 0 Å². The van der Waals surface area contributed by atoms with Gasteiger partial charge in [0, 0.05) is 12.3 Å². The van der Waals surface area contributed by atoms with Gasteiger partial charge in [-0.1, -0.05) is 11.6 Å². The number of sulfone groups is 1. The molecule has 0 radical (unpaired) electrons. The highest BCUT2D eigenvalue weighted by atomic mass is 35.5. The standard InChI is InChI=1S/C7H6ClNO4S/c1-14(12,13)5-2-3-7(9(10)11)6(8)4-5/h2-4H,1H3. The summed E-state index contributed by atoms with van der Waals surface area (Å²) >= 11 is 5.52. The summed E-state index contributed by atoms with van der Waals surface area (Å²) in [5, 5.41) is 10.2. The molecule has 0 saturated heterocycles. The van der Waals surface area contributed by atoms with Gasteiger partial charge in [0.15, 0.2) is 9.84 Å². The third-order valence-electron chi connectivity index (χ3n) is 1.54. The Morgan fingerprint density at radius 1 is 1.43 bits per heavy atom. The molecule has 5 nitrogen and oxygen atoms in total. The van der Waals surface area contributed by atoms with Crippen molar-refractivity contribution in [1.82, 2.24) is 0 Å². The van der Waals surface area contributed by atoms with Crippen molar-refractivity contribution in [2.75, 3.05) is 6.26 Å². The van der Waals surface area contributed by atoms with Crippen molar-refractivity contribution < 1.29 is 13.3 Å². The number of nitro benzene ring substituents is 1. The van der Waals surface area contributed by atoms with E-state index in [-0.39, 0.29) is 15.6 Å². The summed E-state index contributed by atoms with van der Waals surface area (Å²) in [4.78, 5) is 9.65. The lowest BCUT2D eigenvalue weighted by molar-refractivity contribution is -0.384. The van der Waals surface area contributed by atoms with Crippen LogP contribution < -0.4 is 0 Å². The summed E-state index contributed by atoms with van der Waals surface area (Å²) in [6.07, 6.45) is 1.00. The van der Waals surface area contributed by atoms with Gasteiger partial charge in [-0.3, -0.25) is 10.1 Å². The van der Waals surface area contributed by atoms with Gasteiger partial charge in [0.25, 0.3) is 5.69 Å². The second kappa shape index (κ2) is 3.55. The number of rotatable bonds is 2. The summed E-state index contributed by atoms with van der Waals surface area (Å²) in [7, 11) is -3.37. The summed E-state index contributed by atoms with van der Waals surface area (Å²) in [5.41, 5.74) is -0.306. The van der Waals surface area contributed by atoms with Crippen molar-refractivity contribution >= 4 is 27.1 Å². The first-order valence-corrected chi connectivity index (χ1v) is 5.73. The Hall–Kier alpha value is -1.14. The van der Waals surface area contributed by atoms with E-state index in [1.165, 1.54) is 0 Å². The molecule has 0 spiro atoms. The molecule has 1 rings (SSSR count). The summed E-state index contributed by atoms with van der Waals surface area (Å²) < 4.78 is 22.1. The van der Waals surface area contributed by atoms with Gasteiger partial charge < -0.3 is 0 Å². The molecule has 0 fully saturated rings. The van der Waals surface area contributed by atoms with Gasteiger partial charge in [-0.2, -0.15) is 0 Å². The van der Waals surface area contributed by atoms with Crippen LogP contribution in [0.25, 0.3) is 0 Å². The minimum absolute atomic E-state index is 0.0342. The quantitative estimate of drug-likeness (QED) is 0.577. The second-order valence-corrected chi connectivity index (χ2v) is 5.07. The molecule has 76 valence electrons. The molecule has 1 aromatic rings. The highest BCUT2D eigenvalue weighted by molar-refractivity contribution is 7.90. The number of benzene rings is 1. The average molecular weight is 236 g/mol. The van der Waals surface area contributed by atoms with Crippen LogP contribution in [0.5, 0.6) is 0 Å². The van der Waals surface area contributed by atoms with Crippen LogP contribution in [-0.4, -0.2) is 19.6 Å². The Morgan fingerprint density at radius 2 is 2.00 bits per heavy atom. The lowest BCUT2D eigenvalue weighted by atomic mass is 10.3. The smallest absolute Gasteiger partial charge is 0.258 e. The maximum absolute atomic E-state index is 11.0. The molecular weight excluding hydrogens is 230 g/mol. The minimum atomic E-state index is -3.37. The number of hydrogen-bond donors (Lipinski definition) is 0. The monoisotopic (exact) mass is 235 g/mol. The average Bonchev–Trinajstić information content (AvgIpc) is 2.01. The van der Waals surface area contributed by atoms with E-state index in [0.717, 1.165) is 24.5 Å². The molecule has 7 heteroatoms. The van der Waals surface area contributed by atoms with E-state index in [1.54, 1.807) is 0 Å². The first-order valence-electron chi connectivity index (χ1n) is 3.46. The van der Waals surface area contributed by atoms with Crippen LogP contribution >= 0.6 is 11.6 Å². The van der Waals surface area contributed by atoms with E-state index in [9.17, 15) is 18.5 Å². The topological polar surface area (TPSA) is 77.3 Å². The highest BCUT2D eigenvalue weighted by Crippen LogP contribution is 2.26. The molecule has 0 N–H and O–H groups in total. The van der Waals surface area contributed by atoms with Crippen LogP contribution in [0.4, 0.5) is 5.69 Å². The van der Waals surface area contributed by atoms with Crippen molar-refractivity contribution in [2.45, 2.75) is 4.90 Å². The number of nitrogens with zero attached hydrogens (tertiary/aromatic N) is 1. The second-order valence-electron chi connectivity index (χ2n) is 2.64. The lowest BCUT2D eigenvalue weighted by Gasteiger charge is -1.99. The van der Waals surface area contributed by atoms with Gasteiger partial charge in [-0.05, 0) is 12.1 Å². The van der Waals surface area contributed by atoms with Gasteiger partial charge in [-0.25, -0.2) is 8.42 Å².